The molecule has 0 spiro atoms. The summed E-state index contributed by atoms with van der Waals surface area (Å²) >= 11 is 0. The third-order valence-corrected chi connectivity index (χ3v) is 10.5. The van der Waals surface area contributed by atoms with E-state index in [1.54, 1.807) is 13.1 Å². The number of benzene rings is 2. The smallest absolute Gasteiger partial charge is 0.290 e. The Morgan fingerprint density at radius 3 is 2.47 bits per heavy atom. The zero-order valence-corrected chi connectivity index (χ0v) is 26.0. The molecular weight excluding hydrogens is 568 g/mol. The van der Waals surface area contributed by atoms with Gasteiger partial charge in [-0.1, -0.05) is 37.3 Å². The van der Waals surface area contributed by atoms with Crippen LogP contribution in [0.15, 0.2) is 48.7 Å². The van der Waals surface area contributed by atoms with E-state index in [0.29, 0.717) is 43.2 Å². The Hall–Kier alpha value is -3.41. The van der Waals surface area contributed by atoms with Gasteiger partial charge in [0.25, 0.3) is 12.4 Å². The summed E-state index contributed by atoms with van der Waals surface area (Å²) in [7, 11) is -1.94. The van der Waals surface area contributed by atoms with E-state index in [0.717, 1.165) is 40.8 Å². The number of aromatic nitrogens is 1. The average molecular weight is 613 g/mol. The Morgan fingerprint density at radius 2 is 1.81 bits per heavy atom. The predicted molar refractivity (Wildman–Crippen MR) is 169 cm³/mol. The Bertz CT molecular complexity index is 1500. The molecule has 43 heavy (non-hydrogen) atoms. The Labute approximate surface area is 254 Å². The van der Waals surface area contributed by atoms with Gasteiger partial charge < -0.3 is 25.4 Å². The Kier molecular flexibility index (Phi) is 10.9. The second-order valence-electron chi connectivity index (χ2n) is 11.7. The number of rotatable bonds is 9. The number of sulfonamides is 1. The van der Waals surface area contributed by atoms with Gasteiger partial charge in [-0.25, -0.2) is 8.42 Å². The highest BCUT2D eigenvalue weighted by atomic mass is 32.2. The highest BCUT2D eigenvalue weighted by Crippen LogP contribution is 2.37. The molecule has 1 fully saturated rings. The number of hydrogen-bond acceptors (Lipinski definition) is 6. The molecule has 0 radical (unpaired) electrons. The largest absolute Gasteiger partial charge is 0.483 e. The minimum atomic E-state index is -3.50. The molecule has 1 aromatic heterocycles. The molecular formula is C32H44N4O6S. The number of hydrogen-bond donors (Lipinski definition) is 4. The summed E-state index contributed by atoms with van der Waals surface area (Å²) in [5.41, 5.74) is 3.75. The highest BCUT2D eigenvalue weighted by Gasteiger charge is 2.30. The van der Waals surface area contributed by atoms with Crippen molar-refractivity contribution >= 4 is 39.0 Å². The lowest BCUT2D eigenvalue weighted by Crippen LogP contribution is -2.50. The minimum Gasteiger partial charge on any atom is -0.483 e. The molecule has 0 bridgehead atoms. The zero-order valence-electron chi connectivity index (χ0n) is 25.2. The first-order chi connectivity index (χ1) is 20.6. The summed E-state index contributed by atoms with van der Waals surface area (Å²) in [6, 6.07) is 13.2. The van der Waals surface area contributed by atoms with Crippen LogP contribution in [-0.4, -0.2) is 73.1 Å². The zero-order chi connectivity index (χ0) is 31.1. The van der Waals surface area contributed by atoms with Crippen molar-refractivity contribution in [1.82, 2.24) is 15.2 Å². The van der Waals surface area contributed by atoms with Crippen LogP contribution in [-0.2, 0) is 34.2 Å². The molecule has 4 N–H and O–H groups in total. The van der Waals surface area contributed by atoms with Crippen LogP contribution in [0, 0.1) is 5.92 Å². The van der Waals surface area contributed by atoms with Crippen molar-refractivity contribution < 1.29 is 28.2 Å². The number of carboxylic acid groups (broad SMARTS) is 1. The first kappa shape index (κ1) is 32.5. The van der Waals surface area contributed by atoms with Crippen molar-refractivity contribution in [1.29, 1.82) is 0 Å². The SMILES string of the molecule is CCn1cc2c3c(cc(C(=O)N[C@@H](Cc4ccccc4)[C@H](O)CNC4CCC(C)CC4)cc31)N(C)S(=O)(=O)CC2.O=CO. The second kappa shape index (κ2) is 14.4. The van der Waals surface area contributed by atoms with Crippen LogP contribution >= 0.6 is 0 Å². The Morgan fingerprint density at radius 1 is 1.14 bits per heavy atom. The lowest BCUT2D eigenvalue weighted by molar-refractivity contribution is -0.122. The topological polar surface area (TPSA) is 141 Å². The summed E-state index contributed by atoms with van der Waals surface area (Å²) in [4.78, 5) is 22.1. The lowest BCUT2D eigenvalue weighted by Gasteiger charge is -2.30. The molecule has 1 aliphatic carbocycles. The molecule has 2 atom stereocenters. The van der Waals surface area contributed by atoms with Crippen LogP contribution in [0.2, 0.25) is 0 Å². The molecule has 1 saturated carbocycles. The first-order valence-electron chi connectivity index (χ1n) is 15.0. The maximum Gasteiger partial charge on any atom is 0.290 e. The maximum absolute atomic E-state index is 13.8. The normalized spacial score (nSPS) is 20.8. The number of aliphatic hydroxyl groups excluding tert-OH is 1. The summed E-state index contributed by atoms with van der Waals surface area (Å²) in [5.74, 6) is 0.449. The number of aryl methyl sites for hydroxylation is 2. The van der Waals surface area contributed by atoms with Gasteiger partial charge in [-0.15, -0.1) is 0 Å². The number of nitrogens with one attached hydrogen (secondary N) is 2. The predicted octanol–water partition coefficient (Wildman–Crippen LogP) is 3.55. The van der Waals surface area contributed by atoms with Crippen LogP contribution in [0.1, 0.15) is 61.0 Å². The third kappa shape index (κ3) is 7.76. The van der Waals surface area contributed by atoms with Crippen LogP contribution in [0.5, 0.6) is 0 Å². The monoisotopic (exact) mass is 612 g/mol. The van der Waals surface area contributed by atoms with E-state index in [2.05, 4.69) is 22.1 Å². The van der Waals surface area contributed by atoms with Gasteiger partial charge in [0.05, 0.1) is 29.1 Å². The van der Waals surface area contributed by atoms with E-state index >= 15 is 0 Å². The molecule has 0 saturated heterocycles. The minimum absolute atomic E-state index is 0.0286. The van der Waals surface area contributed by atoms with Crippen LogP contribution in [0.4, 0.5) is 5.69 Å². The van der Waals surface area contributed by atoms with Gasteiger partial charge in [0.15, 0.2) is 0 Å². The summed E-state index contributed by atoms with van der Waals surface area (Å²) in [6.07, 6.45) is 6.71. The fraction of sp³-hybridized carbons (Fsp3) is 0.500. The van der Waals surface area contributed by atoms with Gasteiger partial charge in [-0.2, -0.15) is 0 Å². The quantitative estimate of drug-likeness (QED) is 0.271. The van der Waals surface area contributed by atoms with E-state index < -0.39 is 22.2 Å². The van der Waals surface area contributed by atoms with E-state index in [9.17, 15) is 18.3 Å². The van der Waals surface area contributed by atoms with Crippen molar-refractivity contribution in [3.63, 3.8) is 0 Å². The number of carbonyl (C=O) groups excluding carboxylic acids is 1. The molecule has 3 aromatic rings. The molecule has 10 nitrogen and oxygen atoms in total. The molecule has 2 aliphatic rings. The van der Waals surface area contributed by atoms with Crippen LogP contribution < -0.4 is 14.9 Å². The highest BCUT2D eigenvalue weighted by molar-refractivity contribution is 7.92. The molecule has 1 amide bonds. The average Bonchev–Trinajstić information content (AvgIpc) is 3.33. The van der Waals surface area contributed by atoms with E-state index in [1.165, 1.54) is 17.1 Å². The molecule has 2 heterocycles. The number of anilines is 1. The van der Waals surface area contributed by atoms with Gasteiger partial charge >= 0.3 is 0 Å². The molecule has 234 valence electrons. The van der Waals surface area contributed by atoms with Crippen molar-refractivity contribution in [2.45, 2.75) is 77.1 Å². The Balaban J connectivity index is 0.00000135. The molecule has 5 rings (SSSR count). The summed E-state index contributed by atoms with van der Waals surface area (Å²) in [6.45, 7) is 5.17. The third-order valence-electron chi connectivity index (χ3n) is 8.74. The molecule has 11 heteroatoms. The fourth-order valence-electron chi connectivity index (χ4n) is 6.14. The van der Waals surface area contributed by atoms with Gasteiger partial charge in [0.1, 0.15) is 0 Å². The molecule has 1 aliphatic heterocycles. The first-order valence-corrected chi connectivity index (χ1v) is 16.6. The summed E-state index contributed by atoms with van der Waals surface area (Å²) in [5, 5.41) is 25.7. The number of aliphatic hydroxyl groups is 1. The van der Waals surface area contributed by atoms with Crippen molar-refractivity contribution in [3.05, 3.63) is 65.4 Å². The molecule has 0 unspecified atom stereocenters. The number of amides is 1. The summed E-state index contributed by atoms with van der Waals surface area (Å²) < 4.78 is 29.2. The van der Waals surface area contributed by atoms with Gasteiger partial charge in [-0.05, 0) is 74.6 Å². The lowest BCUT2D eigenvalue weighted by atomic mass is 9.87. The van der Waals surface area contributed by atoms with Crippen molar-refractivity contribution in [3.8, 4) is 0 Å². The van der Waals surface area contributed by atoms with Crippen molar-refractivity contribution in [2.75, 3.05) is 23.7 Å². The number of carbonyl (C=O) groups is 2. The molecule has 2 aromatic carbocycles. The van der Waals surface area contributed by atoms with Crippen LogP contribution in [0.25, 0.3) is 10.9 Å². The van der Waals surface area contributed by atoms with E-state index in [4.69, 9.17) is 9.90 Å². The van der Waals surface area contributed by atoms with Gasteiger partial charge in [0.2, 0.25) is 10.0 Å². The maximum atomic E-state index is 13.8. The van der Waals surface area contributed by atoms with Crippen LogP contribution in [0.3, 0.4) is 0 Å². The standard InChI is InChI=1S/C31H42N4O4S.CH2O2/c1-4-35-20-23-14-15-40(38,39)34(3)27-17-24(18-28(35)30(23)27)31(37)33-26(16-22-8-6-5-7-9-22)29(36)19-32-25-12-10-21(2)11-13-25;2-1-3/h5-9,17-18,20-21,25-26,29,32,36H,4,10-16,19H2,1-3H3,(H,33,37);1H,(H,2,3)/t21?,25?,26-,29+;/m0./s1. The van der Waals surface area contributed by atoms with Gasteiger partial charge in [-0.3, -0.25) is 13.9 Å². The number of nitrogens with zero attached hydrogens (tertiary/aromatic N) is 2. The van der Waals surface area contributed by atoms with Gasteiger partial charge in [0, 0.05) is 43.3 Å². The second-order valence-corrected chi connectivity index (χ2v) is 13.8. The van der Waals surface area contributed by atoms with E-state index in [1.807, 2.05) is 49.5 Å². The van der Waals surface area contributed by atoms with E-state index in [-0.39, 0.29) is 18.1 Å². The van der Waals surface area contributed by atoms with Crippen molar-refractivity contribution in [2.24, 2.45) is 5.92 Å². The fourth-order valence-corrected chi connectivity index (χ4v) is 7.34.